The molecule has 186 valence electrons. The van der Waals surface area contributed by atoms with Crippen LogP contribution >= 0.6 is 0 Å². The number of nitrogens with zero attached hydrogens (tertiary/aromatic N) is 1. The predicted octanol–water partition coefficient (Wildman–Crippen LogP) is 3.58. The van der Waals surface area contributed by atoms with Gasteiger partial charge >= 0.3 is 6.09 Å². The maximum absolute atomic E-state index is 13.5. The highest BCUT2D eigenvalue weighted by Gasteiger charge is 2.37. The molecular weight excluding hydrogens is 454 g/mol. The van der Waals surface area contributed by atoms with Crippen LogP contribution in [-0.2, 0) is 40.3 Å². The monoisotopic (exact) mass is 485 g/mol. The van der Waals surface area contributed by atoms with E-state index in [1.165, 1.54) is 4.90 Å². The number of rotatable bonds is 7. The molecule has 0 unspecified atom stereocenters. The zero-order valence-corrected chi connectivity index (χ0v) is 20.6. The van der Waals surface area contributed by atoms with Crippen molar-refractivity contribution in [1.29, 1.82) is 0 Å². The van der Waals surface area contributed by atoms with Crippen molar-refractivity contribution >= 4 is 17.9 Å². The number of amides is 3. The van der Waals surface area contributed by atoms with Crippen molar-refractivity contribution < 1.29 is 19.1 Å². The number of nitrogens with one attached hydrogen (secondary N) is 1. The fourth-order valence-corrected chi connectivity index (χ4v) is 4.41. The molecule has 0 fully saturated rings. The van der Waals surface area contributed by atoms with Crippen LogP contribution in [0.4, 0.5) is 4.79 Å². The molecule has 1 aliphatic rings. The summed E-state index contributed by atoms with van der Waals surface area (Å²) >= 11 is 0. The summed E-state index contributed by atoms with van der Waals surface area (Å²) in [6.45, 7) is 4.34. The molecular formula is C29H31N3O4. The van der Waals surface area contributed by atoms with E-state index in [0.717, 1.165) is 33.4 Å². The van der Waals surface area contributed by atoms with Crippen molar-refractivity contribution in [2.24, 2.45) is 5.73 Å². The zero-order chi connectivity index (χ0) is 25.7. The van der Waals surface area contributed by atoms with E-state index in [1.54, 1.807) is 0 Å². The second-order valence-electron chi connectivity index (χ2n) is 9.24. The number of hydrogen-bond acceptors (Lipinski definition) is 4. The molecule has 3 aromatic carbocycles. The summed E-state index contributed by atoms with van der Waals surface area (Å²) in [6, 6.07) is 21.2. The van der Waals surface area contributed by atoms with Crippen LogP contribution in [0.3, 0.4) is 0 Å². The number of aryl methyl sites for hydroxylation is 2. The number of ether oxygens (including phenoxy) is 1. The minimum absolute atomic E-state index is 0.100. The second kappa shape index (κ2) is 11.1. The van der Waals surface area contributed by atoms with E-state index in [0.29, 0.717) is 6.42 Å². The third-order valence-corrected chi connectivity index (χ3v) is 6.66. The molecule has 4 rings (SSSR count). The Bertz CT molecular complexity index is 1260. The summed E-state index contributed by atoms with van der Waals surface area (Å²) in [7, 11) is 0. The number of fused-ring (bicyclic) bond motifs is 1. The average molecular weight is 486 g/mol. The smallest absolute Gasteiger partial charge is 0.411 e. The fraction of sp³-hybridized carbons (Fsp3) is 0.276. The number of benzene rings is 3. The van der Waals surface area contributed by atoms with Gasteiger partial charge in [0, 0.05) is 12.8 Å². The second-order valence-corrected chi connectivity index (χ2v) is 9.24. The van der Waals surface area contributed by atoms with Gasteiger partial charge in [-0.1, -0.05) is 72.8 Å². The predicted molar refractivity (Wildman–Crippen MR) is 137 cm³/mol. The molecule has 3 amide bonds. The molecule has 1 heterocycles. The van der Waals surface area contributed by atoms with Gasteiger partial charge in [0.25, 0.3) is 0 Å². The summed E-state index contributed by atoms with van der Waals surface area (Å²) in [5.74, 6) is -1.07. The molecule has 0 radical (unpaired) electrons. The van der Waals surface area contributed by atoms with Crippen molar-refractivity contribution in [2.45, 2.75) is 51.9 Å². The van der Waals surface area contributed by atoms with Crippen LogP contribution in [0, 0.1) is 13.8 Å². The van der Waals surface area contributed by atoms with Gasteiger partial charge in [0.2, 0.25) is 11.8 Å². The summed E-state index contributed by atoms with van der Waals surface area (Å²) in [5.41, 5.74) is 11.6. The number of hydrogen-bond donors (Lipinski definition) is 2. The molecule has 7 nitrogen and oxygen atoms in total. The Morgan fingerprint density at radius 1 is 0.944 bits per heavy atom. The van der Waals surface area contributed by atoms with Crippen LogP contribution in [0.25, 0.3) is 0 Å². The summed E-state index contributed by atoms with van der Waals surface area (Å²) in [6.07, 6.45) is -0.0000756. The first-order valence-electron chi connectivity index (χ1n) is 12.0. The van der Waals surface area contributed by atoms with Gasteiger partial charge in [0.15, 0.2) is 0 Å². The lowest BCUT2D eigenvalue weighted by atomic mass is 9.93. The third-order valence-electron chi connectivity index (χ3n) is 6.66. The van der Waals surface area contributed by atoms with Gasteiger partial charge < -0.3 is 15.8 Å². The lowest BCUT2D eigenvalue weighted by Gasteiger charge is -2.35. The number of carbonyl (C=O) groups is 3. The molecule has 7 heteroatoms. The minimum atomic E-state index is -0.904. The highest BCUT2D eigenvalue weighted by atomic mass is 16.6. The van der Waals surface area contributed by atoms with Gasteiger partial charge in [-0.2, -0.15) is 0 Å². The standard InChI is InChI=1S/C29H31N3O4/c1-19-12-13-22(14-20(19)2)15-25(27(30)33)31-28(34)26-16-23-10-6-7-11-24(23)17-32(26)29(35)36-18-21-8-4-3-5-9-21/h3-14,25-26H,15-18H2,1-2H3,(H2,30,33)(H,31,34)/t25-,26-/m0/s1. The van der Waals surface area contributed by atoms with Gasteiger partial charge in [-0.15, -0.1) is 0 Å². The Hall–Kier alpha value is -4.13. The van der Waals surface area contributed by atoms with Crippen molar-refractivity contribution in [2.75, 3.05) is 0 Å². The van der Waals surface area contributed by atoms with Crippen LogP contribution in [0.1, 0.15) is 33.4 Å². The number of nitrogens with two attached hydrogens (primary N) is 1. The molecule has 0 aromatic heterocycles. The van der Waals surface area contributed by atoms with E-state index >= 15 is 0 Å². The Morgan fingerprint density at radius 2 is 1.64 bits per heavy atom. The molecule has 0 spiro atoms. The third kappa shape index (κ3) is 5.92. The Morgan fingerprint density at radius 3 is 2.33 bits per heavy atom. The molecule has 3 aromatic rings. The first kappa shape index (κ1) is 25.0. The molecule has 3 N–H and O–H groups in total. The summed E-state index contributed by atoms with van der Waals surface area (Å²) in [4.78, 5) is 40.2. The molecule has 0 saturated carbocycles. The SMILES string of the molecule is Cc1ccc(C[C@H](NC(=O)[C@@H]2Cc3ccccc3CN2C(=O)OCc2ccccc2)C(N)=O)cc1C. The number of carbonyl (C=O) groups excluding carboxylic acids is 3. The molecule has 1 aliphatic heterocycles. The van der Waals surface area contributed by atoms with Crippen molar-refractivity contribution in [3.05, 3.63) is 106 Å². The van der Waals surface area contributed by atoms with Crippen LogP contribution in [0.15, 0.2) is 72.8 Å². The van der Waals surface area contributed by atoms with E-state index in [1.807, 2.05) is 86.6 Å². The van der Waals surface area contributed by atoms with Crippen LogP contribution in [0.5, 0.6) is 0 Å². The first-order chi connectivity index (χ1) is 17.3. The maximum Gasteiger partial charge on any atom is 0.411 e. The molecule has 0 aliphatic carbocycles. The van der Waals surface area contributed by atoms with E-state index < -0.39 is 30.0 Å². The lowest BCUT2D eigenvalue weighted by molar-refractivity contribution is -0.131. The molecule has 36 heavy (non-hydrogen) atoms. The number of primary amides is 1. The summed E-state index contributed by atoms with van der Waals surface area (Å²) < 4.78 is 5.55. The lowest BCUT2D eigenvalue weighted by Crippen LogP contribution is -2.56. The van der Waals surface area contributed by atoms with E-state index in [9.17, 15) is 14.4 Å². The average Bonchev–Trinajstić information content (AvgIpc) is 2.88. The Kier molecular flexibility index (Phi) is 7.68. The largest absolute Gasteiger partial charge is 0.445 e. The zero-order valence-electron chi connectivity index (χ0n) is 20.6. The fourth-order valence-electron chi connectivity index (χ4n) is 4.41. The quantitative estimate of drug-likeness (QED) is 0.534. The minimum Gasteiger partial charge on any atom is -0.445 e. The van der Waals surface area contributed by atoms with Gasteiger partial charge in [-0.05, 0) is 47.2 Å². The van der Waals surface area contributed by atoms with Crippen LogP contribution < -0.4 is 11.1 Å². The highest BCUT2D eigenvalue weighted by molar-refractivity contribution is 5.91. The first-order valence-corrected chi connectivity index (χ1v) is 12.0. The molecule has 0 saturated heterocycles. The van der Waals surface area contributed by atoms with E-state index in [-0.39, 0.29) is 19.6 Å². The van der Waals surface area contributed by atoms with Crippen molar-refractivity contribution in [3.8, 4) is 0 Å². The Labute approximate surface area is 211 Å². The molecule has 2 atom stereocenters. The van der Waals surface area contributed by atoms with E-state index in [2.05, 4.69) is 5.32 Å². The van der Waals surface area contributed by atoms with Gasteiger partial charge in [-0.25, -0.2) is 4.79 Å². The van der Waals surface area contributed by atoms with E-state index in [4.69, 9.17) is 10.5 Å². The normalized spacial score (nSPS) is 15.5. The summed E-state index contributed by atoms with van der Waals surface area (Å²) in [5, 5.41) is 2.80. The van der Waals surface area contributed by atoms with Crippen molar-refractivity contribution in [1.82, 2.24) is 10.2 Å². The van der Waals surface area contributed by atoms with Crippen molar-refractivity contribution in [3.63, 3.8) is 0 Å². The van der Waals surface area contributed by atoms with Gasteiger partial charge in [0.1, 0.15) is 18.7 Å². The molecule has 0 bridgehead atoms. The maximum atomic E-state index is 13.5. The highest BCUT2D eigenvalue weighted by Crippen LogP contribution is 2.25. The Balaban J connectivity index is 1.52. The van der Waals surface area contributed by atoms with Crippen LogP contribution in [0.2, 0.25) is 0 Å². The topological polar surface area (TPSA) is 102 Å². The van der Waals surface area contributed by atoms with Gasteiger partial charge in [-0.3, -0.25) is 14.5 Å². The van der Waals surface area contributed by atoms with Crippen LogP contribution in [-0.4, -0.2) is 34.9 Å². The van der Waals surface area contributed by atoms with Gasteiger partial charge in [0.05, 0.1) is 6.54 Å².